The highest BCUT2D eigenvalue weighted by atomic mass is 16.3. The minimum Gasteiger partial charge on any atom is -0.393 e. The summed E-state index contributed by atoms with van der Waals surface area (Å²) in [6.07, 6.45) is -0.716. The van der Waals surface area contributed by atoms with Crippen LogP contribution in [0.15, 0.2) is 0 Å². The van der Waals surface area contributed by atoms with E-state index in [1.54, 1.807) is 6.92 Å². The van der Waals surface area contributed by atoms with Crippen LogP contribution in [-0.4, -0.2) is 70.6 Å². The zero-order valence-electron chi connectivity index (χ0n) is 14.3. The molecule has 22 heavy (non-hydrogen) atoms. The number of aliphatic hydroxyl groups is 1. The first-order chi connectivity index (χ1) is 10.1. The number of aliphatic hydroxyl groups excluding tert-OH is 1. The quantitative estimate of drug-likeness (QED) is 0.723. The number of β-lactam (4-membered cyclic amide) rings is 1. The third kappa shape index (κ3) is 3.27. The highest BCUT2D eigenvalue weighted by Gasteiger charge is 2.48. The smallest absolute Gasteiger partial charge is 0.228 e. The number of piperazine rings is 1. The molecule has 2 fully saturated rings. The van der Waals surface area contributed by atoms with E-state index in [1.165, 1.54) is 0 Å². The lowest BCUT2D eigenvalue weighted by Crippen LogP contribution is -2.67. The van der Waals surface area contributed by atoms with Gasteiger partial charge in [-0.05, 0) is 27.7 Å². The van der Waals surface area contributed by atoms with Crippen LogP contribution in [0, 0.1) is 11.8 Å². The van der Waals surface area contributed by atoms with Gasteiger partial charge in [0.2, 0.25) is 11.8 Å². The summed E-state index contributed by atoms with van der Waals surface area (Å²) < 4.78 is 0. The molecule has 0 radical (unpaired) electrons. The van der Waals surface area contributed by atoms with E-state index >= 15 is 0 Å². The van der Waals surface area contributed by atoms with Gasteiger partial charge in [-0.3, -0.25) is 14.5 Å². The monoisotopic (exact) mass is 311 g/mol. The van der Waals surface area contributed by atoms with Crippen molar-refractivity contribution in [3.05, 3.63) is 0 Å². The molecule has 4 atom stereocenters. The number of nitrogens with zero attached hydrogens (tertiary/aromatic N) is 2. The van der Waals surface area contributed by atoms with E-state index in [0.717, 1.165) is 26.2 Å². The second kappa shape index (κ2) is 6.16. The van der Waals surface area contributed by atoms with Crippen molar-refractivity contribution in [2.24, 2.45) is 11.8 Å². The third-order valence-electron chi connectivity index (χ3n) is 4.99. The predicted molar refractivity (Wildman–Crippen MR) is 84.2 cm³/mol. The van der Waals surface area contributed by atoms with Gasteiger partial charge in [0.1, 0.15) is 0 Å². The van der Waals surface area contributed by atoms with E-state index < -0.39 is 12.0 Å². The number of hydrogen-bond donors (Lipinski definition) is 2. The van der Waals surface area contributed by atoms with Gasteiger partial charge in [-0.1, -0.05) is 6.92 Å². The van der Waals surface area contributed by atoms with Gasteiger partial charge in [0.25, 0.3) is 0 Å². The Morgan fingerprint density at radius 1 is 1.23 bits per heavy atom. The van der Waals surface area contributed by atoms with Crippen LogP contribution >= 0.6 is 0 Å². The number of carbonyl (C=O) groups is 2. The van der Waals surface area contributed by atoms with Crippen LogP contribution in [0.3, 0.4) is 0 Å². The molecule has 2 rings (SSSR count). The van der Waals surface area contributed by atoms with Crippen LogP contribution in [0.2, 0.25) is 0 Å². The molecule has 2 aliphatic heterocycles. The topological polar surface area (TPSA) is 72.9 Å². The second-order valence-corrected chi connectivity index (χ2v) is 7.57. The Morgan fingerprint density at radius 3 is 2.18 bits per heavy atom. The van der Waals surface area contributed by atoms with Gasteiger partial charge >= 0.3 is 0 Å². The molecule has 0 spiro atoms. The van der Waals surface area contributed by atoms with Crippen molar-refractivity contribution in [2.45, 2.75) is 52.3 Å². The average molecular weight is 311 g/mol. The summed E-state index contributed by atoms with van der Waals surface area (Å²) >= 11 is 0. The van der Waals surface area contributed by atoms with Gasteiger partial charge < -0.3 is 15.3 Å². The first-order valence-electron chi connectivity index (χ1n) is 8.15. The van der Waals surface area contributed by atoms with Gasteiger partial charge in [0.05, 0.1) is 24.0 Å². The lowest BCUT2D eigenvalue weighted by Gasteiger charge is -2.45. The van der Waals surface area contributed by atoms with Crippen LogP contribution in [0.5, 0.6) is 0 Å². The molecule has 0 aromatic heterocycles. The van der Waals surface area contributed by atoms with Crippen molar-refractivity contribution in [1.29, 1.82) is 0 Å². The second-order valence-electron chi connectivity index (χ2n) is 7.57. The van der Waals surface area contributed by atoms with E-state index in [0.29, 0.717) is 0 Å². The van der Waals surface area contributed by atoms with Crippen molar-refractivity contribution in [3.63, 3.8) is 0 Å². The Morgan fingerprint density at radius 2 is 1.77 bits per heavy atom. The van der Waals surface area contributed by atoms with E-state index in [9.17, 15) is 14.7 Å². The minimum absolute atomic E-state index is 0.0733. The highest BCUT2D eigenvalue weighted by Crippen LogP contribution is 2.27. The molecule has 2 amide bonds. The lowest BCUT2D eigenvalue weighted by molar-refractivity contribution is -0.149. The summed E-state index contributed by atoms with van der Waals surface area (Å²) in [5.74, 6) is -0.838. The Labute approximate surface area is 132 Å². The molecule has 0 aliphatic carbocycles. The van der Waals surface area contributed by atoms with E-state index in [4.69, 9.17) is 0 Å². The molecule has 0 bridgehead atoms. The molecule has 2 heterocycles. The van der Waals surface area contributed by atoms with Crippen molar-refractivity contribution in [3.8, 4) is 0 Å². The Bertz CT molecular complexity index is 436. The van der Waals surface area contributed by atoms with Crippen molar-refractivity contribution in [1.82, 2.24) is 15.1 Å². The largest absolute Gasteiger partial charge is 0.393 e. The molecule has 2 saturated heterocycles. The van der Waals surface area contributed by atoms with E-state index in [2.05, 4.69) is 31.0 Å². The molecule has 2 N–H and O–H groups in total. The summed E-state index contributed by atoms with van der Waals surface area (Å²) in [7, 11) is 0. The zero-order chi connectivity index (χ0) is 16.7. The molecular formula is C16H29N3O3. The molecule has 6 nitrogen and oxygen atoms in total. The maximum Gasteiger partial charge on any atom is 0.228 e. The summed E-state index contributed by atoms with van der Waals surface area (Å²) in [4.78, 5) is 28.4. The maximum atomic E-state index is 12.6. The Hall–Kier alpha value is -1.14. The van der Waals surface area contributed by atoms with Crippen LogP contribution in [0.1, 0.15) is 34.6 Å². The van der Waals surface area contributed by atoms with Crippen molar-refractivity contribution >= 4 is 11.8 Å². The van der Waals surface area contributed by atoms with Crippen LogP contribution in [-0.2, 0) is 9.59 Å². The molecule has 126 valence electrons. The molecule has 0 saturated carbocycles. The van der Waals surface area contributed by atoms with Gasteiger partial charge in [-0.15, -0.1) is 0 Å². The van der Waals surface area contributed by atoms with Crippen molar-refractivity contribution in [2.75, 3.05) is 26.2 Å². The highest BCUT2D eigenvalue weighted by molar-refractivity contribution is 5.90. The fourth-order valence-corrected chi connectivity index (χ4v) is 3.41. The van der Waals surface area contributed by atoms with Crippen molar-refractivity contribution < 1.29 is 14.7 Å². The molecule has 2 aliphatic rings. The first-order valence-corrected chi connectivity index (χ1v) is 8.15. The molecule has 0 aromatic carbocycles. The van der Waals surface area contributed by atoms with Crippen LogP contribution < -0.4 is 5.32 Å². The Kier molecular flexibility index (Phi) is 4.82. The predicted octanol–water partition coefficient (Wildman–Crippen LogP) is 0.0606. The SMILES string of the molecule is C[C@@H](O)[C@H]1C(=O)N[C@@H]1[C@@H](C)C(=O)N1CCN(C(C)(C)C)CC1. The molecule has 0 aromatic rings. The Balaban J connectivity index is 1.91. The van der Waals surface area contributed by atoms with Gasteiger partial charge in [-0.2, -0.15) is 0 Å². The van der Waals surface area contributed by atoms with Gasteiger partial charge in [0, 0.05) is 31.7 Å². The maximum absolute atomic E-state index is 12.6. The first kappa shape index (κ1) is 17.2. The summed E-state index contributed by atoms with van der Waals surface area (Å²) in [5, 5.41) is 12.5. The molecule has 6 heteroatoms. The van der Waals surface area contributed by atoms with Gasteiger partial charge in [-0.25, -0.2) is 0 Å². The number of hydrogen-bond acceptors (Lipinski definition) is 4. The standard InChI is InChI=1S/C16H29N3O3/c1-10(13-12(11(2)20)14(21)17-13)15(22)18-6-8-19(9-7-18)16(3,4)5/h10-13,20H,6-9H2,1-5H3,(H,17,21)/t10-,11-,12-,13-/m1/s1. The summed E-state index contributed by atoms with van der Waals surface area (Å²) in [6, 6.07) is -0.249. The number of nitrogens with one attached hydrogen (secondary N) is 1. The number of rotatable bonds is 3. The average Bonchev–Trinajstić information content (AvgIpc) is 2.41. The van der Waals surface area contributed by atoms with E-state index in [1.807, 2.05) is 11.8 Å². The normalized spacial score (nSPS) is 29.5. The third-order valence-corrected chi connectivity index (χ3v) is 4.99. The summed E-state index contributed by atoms with van der Waals surface area (Å²) in [5.41, 5.74) is 0.125. The van der Waals surface area contributed by atoms with Crippen LogP contribution in [0.25, 0.3) is 0 Å². The summed E-state index contributed by atoms with van der Waals surface area (Å²) in [6.45, 7) is 13.2. The zero-order valence-corrected chi connectivity index (χ0v) is 14.3. The fraction of sp³-hybridized carbons (Fsp3) is 0.875. The lowest BCUT2D eigenvalue weighted by atomic mass is 9.78. The fourth-order valence-electron chi connectivity index (χ4n) is 3.41. The molecular weight excluding hydrogens is 282 g/mol. The van der Waals surface area contributed by atoms with Crippen LogP contribution in [0.4, 0.5) is 0 Å². The molecule has 0 unspecified atom stereocenters. The number of amides is 2. The number of carbonyl (C=O) groups excluding carboxylic acids is 2. The minimum atomic E-state index is -0.716. The van der Waals surface area contributed by atoms with E-state index in [-0.39, 0.29) is 29.3 Å². The van der Waals surface area contributed by atoms with Gasteiger partial charge in [0.15, 0.2) is 0 Å².